The molecule has 0 aliphatic rings. The molecule has 0 spiro atoms. The zero-order valence-corrected chi connectivity index (χ0v) is 18.8. The van der Waals surface area contributed by atoms with Crippen LogP contribution in [-0.4, -0.2) is 27.2 Å². The lowest BCUT2D eigenvalue weighted by Gasteiger charge is -2.12. The van der Waals surface area contributed by atoms with Crippen molar-refractivity contribution < 1.29 is 23.7 Å². The summed E-state index contributed by atoms with van der Waals surface area (Å²) in [4.78, 5) is 12.4. The molecule has 0 aliphatic carbocycles. The molecule has 0 aliphatic heterocycles. The second-order valence-electron chi connectivity index (χ2n) is 6.69. The van der Waals surface area contributed by atoms with E-state index in [0.29, 0.717) is 40.3 Å². The second-order valence-corrected chi connectivity index (χ2v) is 7.10. The molecule has 1 N–H and O–H groups in total. The molecule has 3 rings (SSSR count). The van der Waals surface area contributed by atoms with Gasteiger partial charge in [-0.25, -0.2) is 0 Å². The lowest BCUT2D eigenvalue weighted by Crippen LogP contribution is -2.09. The highest BCUT2D eigenvalue weighted by Gasteiger charge is 2.12. The Bertz CT molecular complexity index is 1100. The number of hydrogen-bond donors (Lipinski definition) is 1. The van der Waals surface area contributed by atoms with Gasteiger partial charge >= 0.3 is 0 Å². The predicted octanol–water partition coefficient (Wildman–Crippen LogP) is 5.60. The Labute approximate surface area is 192 Å². The first-order valence-electron chi connectivity index (χ1n) is 9.79. The van der Waals surface area contributed by atoms with E-state index in [9.17, 15) is 4.79 Å². The van der Waals surface area contributed by atoms with Gasteiger partial charge in [0.2, 0.25) is 5.91 Å². The first-order valence-corrected chi connectivity index (χ1v) is 10.2. The summed E-state index contributed by atoms with van der Waals surface area (Å²) >= 11 is 6.10. The van der Waals surface area contributed by atoms with Gasteiger partial charge in [0.1, 0.15) is 18.1 Å². The van der Waals surface area contributed by atoms with Crippen LogP contribution in [-0.2, 0) is 11.4 Å². The Morgan fingerprint density at radius 2 is 1.59 bits per heavy atom. The number of rotatable bonds is 9. The number of amides is 1. The van der Waals surface area contributed by atoms with Gasteiger partial charge in [-0.15, -0.1) is 0 Å². The number of benzene rings is 3. The lowest BCUT2D eigenvalue weighted by molar-refractivity contribution is -0.111. The first kappa shape index (κ1) is 23.0. The predicted molar refractivity (Wildman–Crippen MR) is 126 cm³/mol. The molecule has 0 bridgehead atoms. The molecule has 0 saturated heterocycles. The van der Waals surface area contributed by atoms with Crippen LogP contribution in [0.2, 0.25) is 5.02 Å². The van der Waals surface area contributed by atoms with Crippen LogP contribution < -0.4 is 24.3 Å². The Kier molecular flexibility index (Phi) is 8.00. The summed E-state index contributed by atoms with van der Waals surface area (Å²) in [5.41, 5.74) is 2.29. The quantitative estimate of drug-likeness (QED) is 0.427. The minimum absolute atomic E-state index is 0.337. The van der Waals surface area contributed by atoms with Crippen LogP contribution in [0.5, 0.6) is 23.0 Å². The summed E-state index contributed by atoms with van der Waals surface area (Å²) < 4.78 is 21.8. The van der Waals surface area contributed by atoms with Crippen LogP contribution in [0.15, 0.2) is 66.7 Å². The molecular formula is C25H24ClNO5. The number of nitrogens with one attached hydrogen (secondary N) is 1. The third-order valence-corrected chi connectivity index (χ3v) is 4.88. The largest absolute Gasteiger partial charge is 0.495 e. The molecule has 32 heavy (non-hydrogen) atoms. The summed E-state index contributed by atoms with van der Waals surface area (Å²) in [7, 11) is 4.57. The highest BCUT2D eigenvalue weighted by atomic mass is 35.5. The van der Waals surface area contributed by atoms with Crippen LogP contribution in [0.1, 0.15) is 11.1 Å². The highest BCUT2D eigenvalue weighted by Crippen LogP contribution is 2.36. The maximum Gasteiger partial charge on any atom is 0.248 e. The van der Waals surface area contributed by atoms with Crippen molar-refractivity contribution in [1.82, 2.24) is 0 Å². The number of ether oxygens (including phenoxy) is 4. The minimum Gasteiger partial charge on any atom is -0.495 e. The highest BCUT2D eigenvalue weighted by molar-refractivity contribution is 6.32. The van der Waals surface area contributed by atoms with Gasteiger partial charge in [0.15, 0.2) is 11.5 Å². The molecule has 0 aromatic heterocycles. The average Bonchev–Trinajstić information content (AvgIpc) is 2.83. The fourth-order valence-electron chi connectivity index (χ4n) is 2.95. The number of hydrogen-bond acceptors (Lipinski definition) is 5. The van der Waals surface area contributed by atoms with Crippen molar-refractivity contribution in [2.24, 2.45) is 0 Å². The number of anilines is 1. The van der Waals surface area contributed by atoms with Gasteiger partial charge in [-0.05, 0) is 29.3 Å². The van der Waals surface area contributed by atoms with Crippen molar-refractivity contribution in [2.45, 2.75) is 6.61 Å². The van der Waals surface area contributed by atoms with E-state index in [1.807, 2.05) is 42.5 Å². The average molecular weight is 454 g/mol. The normalized spacial score (nSPS) is 10.6. The van der Waals surface area contributed by atoms with E-state index < -0.39 is 0 Å². The third kappa shape index (κ3) is 5.95. The lowest BCUT2D eigenvalue weighted by atomic mass is 10.2. The van der Waals surface area contributed by atoms with E-state index in [0.717, 1.165) is 11.1 Å². The van der Waals surface area contributed by atoms with Gasteiger partial charge in [0, 0.05) is 18.2 Å². The third-order valence-electron chi connectivity index (χ3n) is 4.58. The molecule has 0 atom stereocenters. The number of halogens is 1. The molecule has 1 amide bonds. The molecule has 0 unspecified atom stereocenters. The molecular weight excluding hydrogens is 430 g/mol. The van der Waals surface area contributed by atoms with Gasteiger partial charge in [-0.1, -0.05) is 48.0 Å². The maximum absolute atomic E-state index is 12.4. The van der Waals surface area contributed by atoms with Crippen molar-refractivity contribution in [3.05, 3.63) is 82.9 Å². The van der Waals surface area contributed by atoms with E-state index in [-0.39, 0.29) is 5.91 Å². The molecule has 3 aromatic rings. The fraction of sp³-hybridized carbons (Fsp3) is 0.160. The van der Waals surface area contributed by atoms with Crippen molar-refractivity contribution in [2.75, 3.05) is 26.6 Å². The zero-order chi connectivity index (χ0) is 22.9. The number of methoxy groups -OCH3 is 3. The molecule has 7 heteroatoms. The number of carbonyl (C=O) groups excluding carboxylic acids is 1. The van der Waals surface area contributed by atoms with Gasteiger partial charge < -0.3 is 24.3 Å². The van der Waals surface area contributed by atoms with E-state index in [4.69, 9.17) is 30.5 Å². The molecule has 0 fully saturated rings. The molecule has 0 radical (unpaired) electrons. The molecule has 3 aromatic carbocycles. The van der Waals surface area contributed by atoms with E-state index in [2.05, 4.69) is 5.32 Å². The SMILES string of the molecule is COc1cc(NC(=O)/C=C/c2ccc(OCc3ccccc3)c(OC)c2)c(OC)cc1Cl. The molecule has 0 saturated carbocycles. The zero-order valence-electron chi connectivity index (χ0n) is 18.1. The summed E-state index contributed by atoms with van der Waals surface area (Å²) in [6.45, 7) is 0.432. The van der Waals surface area contributed by atoms with Crippen LogP contribution in [0.25, 0.3) is 6.08 Å². The van der Waals surface area contributed by atoms with Crippen molar-refractivity contribution >= 4 is 29.3 Å². The summed E-state index contributed by atoms with van der Waals surface area (Å²) in [6.07, 6.45) is 3.10. The van der Waals surface area contributed by atoms with Gasteiger partial charge in [0.05, 0.1) is 32.0 Å². The van der Waals surface area contributed by atoms with E-state index in [1.54, 1.807) is 31.4 Å². The minimum atomic E-state index is -0.337. The molecule has 6 nitrogen and oxygen atoms in total. The van der Waals surface area contributed by atoms with Gasteiger partial charge in [-0.2, -0.15) is 0 Å². The van der Waals surface area contributed by atoms with Crippen LogP contribution in [0, 0.1) is 0 Å². The summed E-state index contributed by atoms with van der Waals surface area (Å²) in [5.74, 6) is 1.72. The van der Waals surface area contributed by atoms with Gasteiger partial charge in [-0.3, -0.25) is 4.79 Å². The fourth-order valence-corrected chi connectivity index (χ4v) is 3.18. The molecule has 166 valence electrons. The van der Waals surface area contributed by atoms with Crippen LogP contribution in [0.3, 0.4) is 0 Å². The van der Waals surface area contributed by atoms with E-state index >= 15 is 0 Å². The summed E-state index contributed by atoms with van der Waals surface area (Å²) in [6, 6.07) is 18.5. The first-order chi connectivity index (χ1) is 15.5. The Hall–Kier alpha value is -3.64. The van der Waals surface area contributed by atoms with Crippen molar-refractivity contribution in [3.63, 3.8) is 0 Å². The standard InChI is InChI=1S/C25H24ClNO5/c1-29-22-15-20(23(30-2)14-19(22)26)27-25(28)12-10-17-9-11-21(24(13-17)31-3)32-16-18-7-5-4-6-8-18/h4-15H,16H2,1-3H3,(H,27,28)/b12-10+. The Balaban J connectivity index is 1.69. The second kappa shape index (κ2) is 11.1. The number of carbonyl (C=O) groups is 1. The summed E-state index contributed by atoms with van der Waals surface area (Å²) in [5, 5.41) is 3.16. The van der Waals surface area contributed by atoms with Gasteiger partial charge in [0.25, 0.3) is 0 Å². The molecule has 0 heterocycles. The smallest absolute Gasteiger partial charge is 0.248 e. The van der Waals surface area contributed by atoms with Crippen LogP contribution >= 0.6 is 11.6 Å². The van der Waals surface area contributed by atoms with Crippen molar-refractivity contribution in [3.8, 4) is 23.0 Å². The van der Waals surface area contributed by atoms with Crippen LogP contribution in [0.4, 0.5) is 5.69 Å². The van der Waals surface area contributed by atoms with E-state index in [1.165, 1.54) is 20.3 Å². The maximum atomic E-state index is 12.4. The van der Waals surface area contributed by atoms with Crippen molar-refractivity contribution in [1.29, 1.82) is 0 Å². The monoisotopic (exact) mass is 453 g/mol. The Morgan fingerprint density at radius 1 is 0.875 bits per heavy atom. The topological polar surface area (TPSA) is 66.0 Å². The Morgan fingerprint density at radius 3 is 2.28 bits per heavy atom.